The quantitative estimate of drug-likeness (QED) is 0.562. The summed E-state index contributed by atoms with van der Waals surface area (Å²) in [7, 11) is 0. The Morgan fingerprint density at radius 3 is 2.38 bits per heavy atom. The molecule has 3 aromatic rings. The zero-order valence-electron chi connectivity index (χ0n) is 19.9. The molecule has 3 heterocycles. The molecule has 32 heavy (non-hydrogen) atoms. The number of benzene rings is 1. The summed E-state index contributed by atoms with van der Waals surface area (Å²) in [6, 6.07) is 11.1. The van der Waals surface area contributed by atoms with Gasteiger partial charge in [0.1, 0.15) is 0 Å². The van der Waals surface area contributed by atoms with E-state index in [9.17, 15) is 9.90 Å². The minimum absolute atomic E-state index is 0.0641. The van der Waals surface area contributed by atoms with Crippen LogP contribution in [0, 0.1) is 13.8 Å². The van der Waals surface area contributed by atoms with E-state index in [0.717, 1.165) is 37.3 Å². The number of piperidine rings is 1. The number of hydrogen-bond donors (Lipinski definition) is 2. The van der Waals surface area contributed by atoms with E-state index in [1.807, 2.05) is 18.7 Å². The number of pyridine rings is 1. The Balaban J connectivity index is 1.63. The first-order valence-corrected chi connectivity index (χ1v) is 11.8. The molecule has 0 saturated carbocycles. The van der Waals surface area contributed by atoms with Crippen LogP contribution in [0.3, 0.4) is 0 Å². The van der Waals surface area contributed by atoms with Crippen molar-refractivity contribution in [2.24, 2.45) is 0 Å². The maximum absolute atomic E-state index is 12.3. The van der Waals surface area contributed by atoms with E-state index < -0.39 is 6.10 Å². The van der Waals surface area contributed by atoms with E-state index in [2.05, 4.69) is 54.1 Å². The zero-order chi connectivity index (χ0) is 23.0. The molecule has 170 valence electrons. The fourth-order valence-electron chi connectivity index (χ4n) is 5.13. The number of fused-ring (bicyclic) bond motifs is 1. The number of nitrogens with one attached hydrogen (secondary N) is 1. The van der Waals surface area contributed by atoms with Gasteiger partial charge in [0.25, 0.3) is 0 Å². The number of aliphatic hydroxyl groups is 1. The number of likely N-dealkylation sites (tertiary alicyclic amines) is 1. The first kappa shape index (κ1) is 22.5. The van der Waals surface area contributed by atoms with Crippen LogP contribution in [0.25, 0.3) is 22.2 Å². The van der Waals surface area contributed by atoms with Gasteiger partial charge in [0.15, 0.2) is 0 Å². The first-order chi connectivity index (χ1) is 15.2. The summed E-state index contributed by atoms with van der Waals surface area (Å²) in [4.78, 5) is 22.4. The maximum Gasteiger partial charge on any atom is 0.225 e. The standard InChI is InChI=1S/C27H35N3O2/c1-16(2)26-23-15-21(20-8-10-30(11-9-20)25(32)14-19(5)31)6-7-24(23)29-27(26)22-12-17(3)28-18(4)13-22/h6-7,12-13,15-16,19-20,29,31H,8-11,14H2,1-5H3/t19-/m0/s1. The highest BCUT2D eigenvalue weighted by atomic mass is 16.3. The van der Waals surface area contributed by atoms with E-state index >= 15 is 0 Å². The van der Waals surface area contributed by atoms with Gasteiger partial charge < -0.3 is 15.0 Å². The van der Waals surface area contributed by atoms with Gasteiger partial charge in [-0.1, -0.05) is 19.9 Å². The van der Waals surface area contributed by atoms with Crippen molar-refractivity contribution in [1.82, 2.24) is 14.9 Å². The molecular weight excluding hydrogens is 398 g/mol. The largest absolute Gasteiger partial charge is 0.393 e. The highest BCUT2D eigenvalue weighted by Gasteiger charge is 2.25. The Bertz CT molecular complexity index is 1100. The van der Waals surface area contributed by atoms with Gasteiger partial charge in [0, 0.05) is 40.9 Å². The monoisotopic (exact) mass is 433 g/mol. The van der Waals surface area contributed by atoms with E-state index in [4.69, 9.17) is 0 Å². The third-order valence-corrected chi connectivity index (χ3v) is 6.60. The molecule has 2 N–H and O–H groups in total. The topological polar surface area (TPSA) is 69.2 Å². The summed E-state index contributed by atoms with van der Waals surface area (Å²) in [5.41, 5.74) is 8.34. The molecule has 1 aromatic carbocycles. The van der Waals surface area contributed by atoms with Crippen LogP contribution < -0.4 is 0 Å². The minimum atomic E-state index is -0.576. The second kappa shape index (κ2) is 9.07. The molecular formula is C27H35N3O2. The van der Waals surface area contributed by atoms with Crippen molar-refractivity contribution in [2.75, 3.05) is 13.1 Å². The number of rotatable bonds is 5. The highest BCUT2D eigenvalue weighted by Crippen LogP contribution is 2.38. The number of hydrogen-bond acceptors (Lipinski definition) is 3. The van der Waals surface area contributed by atoms with Crippen LogP contribution in [-0.2, 0) is 4.79 Å². The number of nitrogens with zero attached hydrogens (tertiary/aromatic N) is 2. The van der Waals surface area contributed by atoms with Gasteiger partial charge in [-0.3, -0.25) is 9.78 Å². The van der Waals surface area contributed by atoms with Gasteiger partial charge in [0.2, 0.25) is 5.91 Å². The second-order valence-electron chi connectivity index (χ2n) is 9.72. The van der Waals surface area contributed by atoms with Crippen molar-refractivity contribution < 1.29 is 9.90 Å². The van der Waals surface area contributed by atoms with Crippen molar-refractivity contribution in [3.8, 4) is 11.3 Å². The fraction of sp³-hybridized carbons (Fsp3) is 0.481. The molecule has 1 atom stereocenters. The number of aromatic amines is 1. The second-order valence-corrected chi connectivity index (χ2v) is 9.72. The number of aliphatic hydroxyl groups excluding tert-OH is 1. The lowest BCUT2D eigenvalue weighted by atomic mass is 9.87. The molecule has 1 aliphatic rings. The molecule has 0 radical (unpaired) electrons. The van der Waals surface area contributed by atoms with E-state index in [0.29, 0.717) is 11.8 Å². The van der Waals surface area contributed by atoms with Gasteiger partial charge in [-0.2, -0.15) is 0 Å². The average Bonchev–Trinajstić information content (AvgIpc) is 3.12. The van der Waals surface area contributed by atoms with Gasteiger partial charge >= 0.3 is 0 Å². The van der Waals surface area contributed by atoms with Gasteiger partial charge in [-0.05, 0) is 80.8 Å². The van der Waals surface area contributed by atoms with Crippen LogP contribution >= 0.6 is 0 Å². The average molecular weight is 434 g/mol. The summed E-state index contributed by atoms with van der Waals surface area (Å²) in [5, 5.41) is 10.8. The molecule has 1 aliphatic heterocycles. The van der Waals surface area contributed by atoms with Gasteiger partial charge in [-0.15, -0.1) is 0 Å². The van der Waals surface area contributed by atoms with E-state index in [-0.39, 0.29) is 12.3 Å². The predicted molar refractivity (Wildman–Crippen MR) is 130 cm³/mol. The summed E-state index contributed by atoms with van der Waals surface area (Å²) >= 11 is 0. The molecule has 0 unspecified atom stereocenters. The van der Waals surface area contributed by atoms with Crippen LogP contribution in [0.15, 0.2) is 30.3 Å². The number of carbonyl (C=O) groups excluding carboxylic acids is 1. The lowest BCUT2D eigenvalue weighted by molar-refractivity contribution is -0.134. The normalized spacial score (nSPS) is 16.2. The Morgan fingerprint density at radius 1 is 1.12 bits per heavy atom. The molecule has 5 heteroatoms. The van der Waals surface area contributed by atoms with Crippen molar-refractivity contribution in [3.63, 3.8) is 0 Å². The predicted octanol–water partition coefficient (Wildman–Crippen LogP) is 5.45. The number of H-pyrrole nitrogens is 1. The molecule has 1 fully saturated rings. The third-order valence-electron chi connectivity index (χ3n) is 6.60. The summed E-state index contributed by atoms with van der Waals surface area (Å²) in [5.74, 6) is 0.913. The van der Waals surface area contributed by atoms with Crippen molar-refractivity contribution >= 4 is 16.8 Å². The zero-order valence-corrected chi connectivity index (χ0v) is 19.9. The molecule has 1 amide bonds. The van der Waals surface area contributed by atoms with Crippen molar-refractivity contribution in [3.05, 3.63) is 52.8 Å². The Labute approximate surface area is 190 Å². The van der Waals surface area contributed by atoms with Crippen molar-refractivity contribution in [2.45, 2.75) is 71.8 Å². The summed E-state index contributed by atoms with van der Waals surface area (Å²) in [6.45, 7) is 11.8. The molecule has 0 aliphatic carbocycles. The SMILES string of the molecule is Cc1cc(-c2[nH]c3ccc(C4CCN(C(=O)C[C@H](C)O)CC4)cc3c2C(C)C)cc(C)n1. The molecule has 0 bridgehead atoms. The summed E-state index contributed by atoms with van der Waals surface area (Å²) < 4.78 is 0. The van der Waals surface area contributed by atoms with E-state index in [1.54, 1.807) is 6.92 Å². The third kappa shape index (κ3) is 4.58. The minimum Gasteiger partial charge on any atom is -0.393 e. The highest BCUT2D eigenvalue weighted by molar-refractivity contribution is 5.92. The van der Waals surface area contributed by atoms with Crippen LogP contribution in [0.5, 0.6) is 0 Å². The van der Waals surface area contributed by atoms with Crippen LogP contribution in [-0.4, -0.2) is 45.1 Å². The number of amides is 1. The Morgan fingerprint density at radius 2 is 1.78 bits per heavy atom. The smallest absolute Gasteiger partial charge is 0.225 e. The molecule has 1 saturated heterocycles. The van der Waals surface area contributed by atoms with Crippen LogP contribution in [0.1, 0.15) is 74.4 Å². The lowest BCUT2D eigenvalue weighted by Crippen LogP contribution is -2.39. The molecule has 5 nitrogen and oxygen atoms in total. The van der Waals surface area contributed by atoms with Crippen LogP contribution in [0.2, 0.25) is 0 Å². The van der Waals surface area contributed by atoms with Gasteiger partial charge in [-0.25, -0.2) is 0 Å². The maximum atomic E-state index is 12.3. The van der Waals surface area contributed by atoms with Crippen molar-refractivity contribution in [1.29, 1.82) is 0 Å². The molecule has 2 aromatic heterocycles. The first-order valence-electron chi connectivity index (χ1n) is 11.8. The number of aromatic nitrogens is 2. The number of carbonyl (C=O) groups is 1. The molecule has 4 rings (SSSR count). The Hall–Kier alpha value is -2.66. The lowest BCUT2D eigenvalue weighted by Gasteiger charge is -2.32. The summed E-state index contributed by atoms with van der Waals surface area (Å²) in [6.07, 6.45) is 1.57. The Kier molecular flexibility index (Phi) is 6.38. The van der Waals surface area contributed by atoms with Gasteiger partial charge in [0.05, 0.1) is 18.2 Å². The van der Waals surface area contributed by atoms with Crippen LogP contribution in [0.4, 0.5) is 0 Å². The molecule has 0 spiro atoms. The number of aryl methyl sites for hydroxylation is 2. The fourth-order valence-corrected chi connectivity index (χ4v) is 5.13. The van der Waals surface area contributed by atoms with E-state index in [1.165, 1.54) is 33.3 Å².